The number of hydrogen-bond acceptors (Lipinski definition) is 2. The summed E-state index contributed by atoms with van der Waals surface area (Å²) in [5.74, 6) is 0. The van der Waals surface area contributed by atoms with Crippen molar-refractivity contribution in [3.8, 4) is 0 Å². The first kappa shape index (κ1) is 8.23. The number of hydrazine groups is 1. The molecule has 0 aliphatic rings. The Balaban J connectivity index is 3.21. The van der Waals surface area contributed by atoms with Crippen LogP contribution in [0.25, 0.3) is 0 Å². The van der Waals surface area contributed by atoms with Crippen molar-refractivity contribution in [1.82, 2.24) is 10.4 Å². The molecule has 0 saturated carbocycles. The van der Waals surface area contributed by atoms with Gasteiger partial charge in [-0.3, -0.25) is 0 Å². The normalized spacial score (nSPS) is 10.4. The van der Waals surface area contributed by atoms with E-state index in [2.05, 4.69) is 34.1 Å². The lowest BCUT2D eigenvalue weighted by atomic mass is 10.7. The van der Waals surface area contributed by atoms with Gasteiger partial charge in [0, 0.05) is 24.7 Å². The molecule has 2 nitrogen and oxygen atoms in total. The summed E-state index contributed by atoms with van der Waals surface area (Å²) in [5.41, 5.74) is 2.94. The molecule has 0 bridgehead atoms. The Labute approximate surface area is 64.1 Å². The molecule has 8 heavy (non-hydrogen) atoms. The van der Waals surface area contributed by atoms with Gasteiger partial charge in [0.15, 0.2) is 0 Å². The maximum Gasteiger partial charge on any atom is 0.0225 e. The van der Waals surface area contributed by atoms with Crippen LogP contribution in [0.2, 0.25) is 0 Å². The van der Waals surface area contributed by atoms with Gasteiger partial charge in [0.05, 0.1) is 0 Å². The molecule has 3 heteroatoms. The second kappa shape index (κ2) is 5.37. The van der Waals surface area contributed by atoms with E-state index in [0.717, 1.165) is 4.43 Å². The highest BCUT2D eigenvalue weighted by atomic mass is 127. The second-order valence-corrected chi connectivity index (χ2v) is 2.25. The minimum absolute atomic E-state index is 1.06. The lowest BCUT2D eigenvalue weighted by Gasteiger charge is -2.09. The van der Waals surface area contributed by atoms with E-state index in [-0.39, 0.29) is 0 Å². The molecule has 0 unspecified atom stereocenters. The molecule has 0 aliphatic heterocycles. The highest BCUT2D eigenvalue weighted by Crippen LogP contribution is 1.83. The number of nitrogens with zero attached hydrogens (tertiary/aromatic N) is 1. The lowest BCUT2D eigenvalue weighted by molar-refractivity contribution is 0.365. The number of nitrogens with one attached hydrogen (secondary N) is 1. The average molecular weight is 226 g/mol. The van der Waals surface area contributed by atoms with Gasteiger partial charge < -0.3 is 5.01 Å². The summed E-state index contributed by atoms with van der Waals surface area (Å²) in [6.45, 7) is 0. The average Bonchev–Trinajstić information content (AvgIpc) is 1.83. The fraction of sp³-hybridized carbons (Fsp3) is 0.600. The van der Waals surface area contributed by atoms with Crippen LogP contribution in [-0.2, 0) is 0 Å². The summed E-state index contributed by atoms with van der Waals surface area (Å²) in [7, 11) is 3.85. The van der Waals surface area contributed by atoms with E-state index in [1.807, 2.05) is 25.3 Å². The second-order valence-electron chi connectivity index (χ2n) is 1.37. The van der Waals surface area contributed by atoms with Gasteiger partial charge in [-0.25, -0.2) is 5.43 Å². The van der Waals surface area contributed by atoms with Crippen LogP contribution in [0.15, 0.2) is 12.3 Å². The number of halogens is 1. The Bertz CT molecular complexity index is 72.8. The third kappa shape index (κ3) is 4.39. The van der Waals surface area contributed by atoms with E-state index in [1.165, 1.54) is 0 Å². The predicted molar refractivity (Wildman–Crippen MR) is 44.8 cm³/mol. The number of hydrogen-bond donors (Lipinski definition) is 1. The monoisotopic (exact) mass is 226 g/mol. The minimum atomic E-state index is 1.06. The van der Waals surface area contributed by atoms with Crippen molar-refractivity contribution in [1.29, 1.82) is 0 Å². The van der Waals surface area contributed by atoms with Crippen molar-refractivity contribution >= 4 is 22.6 Å². The van der Waals surface area contributed by atoms with Gasteiger partial charge in [0.25, 0.3) is 0 Å². The summed E-state index contributed by atoms with van der Waals surface area (Å²) in [6, 6.07) is 0. The molecule has 0 spiro atoms. The Morgan fingerprint density at radius 3 is 2.75 bits per heavy atom. The fourth-order valence-corrected chi connectivity index (χ4v) is 0.500. The summed E-state index contributed by atoms with van der Waals surface area (Å²) in [4.78, 5) is 0. The smallest absolute Gasteiger partial charge is 0.0225 e. The van der Waals surface area contributed by atoms with Crippen LogP contribution in [-0.4, -0.2) is 23.5 Å². The summed E-state index contributed by atoms with van der Waals surface area (Å²) in [6.07, 6.45) is 4.07. The van der Waals surface area contributed by atoms with Crippen LogP contribution >= 0.6 is 22.6 Å². The Kier molecular flexibility index (Phi) is 5.52. The van der Waals surface area contributed by atoms with Crippen molar-refractivity contribution in [3.63, 3.8) is 0 Å². The summed E-state index contributed by atoms with van der Waals surface area (Å²) < 4.78 is 1.06. The molecule has 48 valence electrons. The zero-order chi connectivity index (χ0) is 6.41. The van der Waals surface area contributed by atoms with E-state index in [1.54, 1.807) is 0 Å². The predicted octanol–water partition coefficient (Wildman–Crippen LogP) is 1.00. The van der Waals surface area contributed by atoms with Crippen molar-refractivity contribution in [2.75, 3.05) is 18.5 Å². The first-order valence-electron chi connectivity index (χ1n) is 2.44. The van der Waals surface area contributed by atoms with Gasteiger partial charge >= 0.3 is 0 Å². The topological polar surface area (TPSA) is 15.3 Å². The summed E-state index contributed by atoms with van der Waals surface area (Å²) >= 11 is 2.30. The highest BCUT2D eigenvalue weighted by molar-refractivity contribution is 14.1. The SMILES string of the molecule is CNN(C)/C=C\CI. The van der Waals surface area contributed by atoms with Gasteiger partial charge in [0.1, 0.15) is 0 Å². The molecule has 0 aromatic carbocycles. The van der Waals surface area contributed by atoms with E-state index >= 15 is 0 Å². The van der Waals surface area contributed by atoms with Crippen LogP contribution in [0.3, 0.4) is 0 Å². The van der Waals surface area contributed by atoms with Gasteiger partial charge in [-0.15, -0.1) is 0 Å². The van der Waals surface area contributed by atoms with Crippen molar-refractivity contribution in [3.05, 3.63) is 12.3 Å². The van der Waals surface area contributed by atoms with Gasteiger partial charge in [-0.05, 0) is 0 Å². The van der Waals surface area contributed by atoms with E-state index in [0.29, 0.717) is 0 Å². The molecular weight excluding hydrogens is 215 g/mol. The molecule has 0 radical (unpaired) electrons. The standard InChI is InChI=1S/C5H11IN2/c1-7-8(2)5-3-4-6/h3,5,7H,4H2,1-2H3/b5-3-. The lowest BCUT2D eigenvalue weighted by Crippen LogP contribution is -2.24. The summed E-state index contributed by atoms with van der Waals surface area (Å²) in [5, 5.41) is 1.90. The molecule has 0 amide bonds. The van der Waals surface area contributed by atoms with Crippen LogP contribution in [0.4, 0.5) is 0 Å². The molecular formula is C5H11IN2. The zero-order valence-corrected chi connectivity index (χ0v) is 7.34. The zero-order valence-electron chi connectivity index (χ0n) is 5.19. The quantitative estimate of drug-likeness (QED) is 0.438. The number of allylic oxidation sites excluding steroid dienone is 1. The number of rotatable bonds is 3. The Morgan fingerprint density at radius 2 is 2.38 bits per heavy atom. The third-order valence-electron chi connectivity index (χ3n) is 0.771. The Morgan fingerprint density at radius 1 is 1.75 bits per heavy atom. The molecule has 0 rings (SSSR count). The molecule has 0 atom stereocenters. The molecule has 0 heterocycles. The molecule has 0 aromatic rings. The van der Waals surface area contributed by atoms with Crippen LogP contribution in [0, 0.1) is 0 Å². The molecule has 0 saturated heterocycles. The van der Waals surface area contributed by atoms with E-state index in [9.17, 15) is 0 Å². The third-order valence-corrected chi connectivity index (χ3v) is 1.28. The van der Waals surface area contributed by atoms with Gasteiger partial charge in [-0.1, -0.05) is 28.7 Å². The molecule has 0 fully saturated rings. The van der Waals surface area contributed by atoms with Crippen molar-refractivity contribution in [2.24, 2.45) is 0 Å². The van der Waals surface area contributed by atoms with Gasteiger partial charge in [0.2, 0.25) is 0 Å². The Hall–Kier alpha value is 0.230. The van der Waals surface area contributed by atoms with Crippen LogP contribution in [0.1, 0.15) is 0 Å². The van der Waals surface area contributed by atoms with Gasteiger partial charge in [-0.2, -0.15) is 0 Å². The van der Waals surface area contributed by atoms with Crippen molar-refractivity contribution < 1.29 is 0 Å². The number of alkyl halides is 1. The fourth-order valence-electron chi connectivity index (χ4n) is 0.272. The maximum atomic E-state index is 2.94. The van der Waals surface area contributed by atoms with Crippen molar-refractivity contribution in [2.45, 2.75) is 0 Å². The highest BCUT2D eigenvalue weighted by Gasteiger charge is 1.77. The first-order valence-corrected chi connectivity index (χ1v) is 3.96. The van der Waals surface area contributed by atoms with E-state index < -0.39 is 0 Å². The minimum Gasteiger partial charge on any atom is -0.319 e. The molecule has 0 aromatic heterocycles. The molecule has 1 N–H and O–H groups in total. The van der Waals surface area contributed by atoms with Crippen LogP contribution < -0.4 is 5.43 Å². The molecule has 0 aliphatic carbocycles. The largest absolute Gasteiger partial charge is 0.319 e. The first-order chi connectivity index (χ1) is 3.81. The van der Waals surface area contributed by atoms with E-state index in [4.69, 9.17) is 0 Å². The van der Waals surface area contributed by atoms with Crippen LogP contribution in [0.5, 0.6) is 0 Å². The maximum absolute atomic E-state index is 2.94.